The Labute approximate surface area is 180 Å². The van der Waals surface area contributed by atoms with Crippen LogP contribution in [0.5, 0.6) is 0 Å². The molecular weight excluding hydrogens is 397 g/mol. The molecule has 1 aliphatic rings. The Morgan fingerprint density at radius 2 is 1.81 bits per heavy atom. The molecule has 0 radical (unpaired) electrons. The van der Waals surface area contributed by atoms with Gasteiger partial charge < -0.3 is 5.32 Å². The Hall–Kier alpha value is -2.90. The van der Waals surface area contributed by atoms with Gasteiger partial charge in [0.1, 0.15) is 5.82 Å². The first-order valence-corrected chi connectivity index (χ1v) is 11.3. The van der Waals surface area contributed by atoms with Crippen LogP contribution in [0.2, 0.25) is 0 Å². The minimum absolute atomic E-state index is 0.168. The van der Waals surface area contributed by atoms with Gasteiger partial charge in [-0.05, 0) is 32.3 Å². The maximum Gasteiger partial charge on any atom is 0.332 e. The van der Waals surface area contributed by atoms with Crippen molar-refractivity contribution in [3.63, 3.8) is 0 Å². The summed E-state index contributed by atoms with van der Waals surface area (Å²) in [6.07, 6.45) is 6.32. The van der Waals surface area contributed by atoms with Crippen LogP contribution in [0.1, 0.15) is 57.9 Å². The number of hydrogen-bond acceptors (Lipinski definition) is 4. The molecule has 2 heterocycles. The largest absolute Gasteiger partial charge is 0.353 e. The quantitative estimate of drug-likeness (QED) is 0.624. The first kappa shape index (κ1) is 21.3. The molecule has 0 aliphatic heterocycles. The average molecular weight is 428 g/mol. The Bertz CT molecular complexity index is 1190. The van der Waals surface area contributed by atoms with Crippen LogP contribution in [-0.2, 0) is 19.6 Å². The molecule has 0 saturated heterocycles. The molecule has 1 N–H and O–H groups in total. The molecule has 1 fully saturated rings. The summed E-state index contributed by atoms with van der Waals surface area (Å²) in [5.74, 6) is 0.200. The smallest absolute Gasteiger partial charge is 0.332 e. The zero-order valence-corrected chi connectivity index (χ0v) is 18.2. The van der Waals surface area contributed by atoms with Crippen LogP contribution in [0.15, 0.2) is 33.9 Å². The summed E-state index contributed by atoms with van der Waals surface area (Å²) in [5, 5.41) is 3.50. The van der Waals surface area contributed by atoms with Crippen LogP contribution >= 0.6 is 0 Å². The monoisotopic (exact) mass is 427 g/mol. The van der Waals surface area contributed by atoms with E-state index in [1.165, 1.54) is 17.1 Å². The number of aryl methyl sites for hydroxylation is 1. The van der Waals surface area contributed by atoms with Crippen molar-refractivity contribution < 1.29 is 4.39 Å². The van der Waals surface area contributed by atoms with E-state index in [1.807, 2.05) is 6.92 Å². The van der Waals surface area contributed by atoms with Gasteiger partial charge >= 0.3 is 5.69 Å². The number of benzene rings is 1. The molecule has 0 spiro atoms. The molecule has 0 bridgehead atoms. The maximum absolute atomic E-state index is 14.5. The summed E-state index contributed by atoms with van der Waals surface area (Å²) >= 11 is 0. The van der Waals surface area contributed by atoms with Gasteiger partial charge in [0.15, 0.2) is 11.2 Å². The van der Waals surface area contributed by atoms with Gasteiger partial charge in [0.05, 0.1) is 6.54 Å². The van der Waals surface area contributed by atoms with Gasteiger partial charge in [-0.25, -0.2) is 9.18 Å². The number of hydrogen-bond donors (Lipinski definition) is 1. The molecule has 3 aromatic rings. The van der Waals surface area contributed by atoms with Crippen LogP contribution in [0.3, 0.4) is 0 Å². The molecule has 7 nitrogen and oxygen atoms in total. The highest BCUT2D eigenvalue weighted by Gasteiger charge is 2.24. The maximum atomic E-state index is 14.5. The van der Waals surface area contributed by atoms with Gasteiger partial charge in [-0.2, -0.15) is 4.98 Å². The van der Waals surface area contributed by atoms with Crippen molar-refractivity contribution in [3.05, 3.63) is 56.5 Å². The zero-order chi connectivity index (χ0) is 22.0. The lowest BCUT2D eigenvalue weighted by molar-refractivity contribution is 0.459. The number of imidazole rings is 1. The highest BCUT2D eigenvalue weighted by molar-refractivity contribution is 5.74. The van der Waals surface area contributed by atoms with Gasteiger partial charge in [0.25, 0.3) is 5.56 Å². The number of rotatable bonds is 7. The van der Waals surface area contributed by atoms with E-state index in [9.17, 15) is 14.0 Å². The van der Waals surface area contributed by atoms with E-state index in [-0.39, 0.29) is 36.2 Å². The number of halogens is 1. The van der Waals surface area contributed by atoms with Crippen molar-refractivity contribution in [3.8, 4) is 0 Å². The molecule has 8 heteroatoms. The molecular formula is C23H30FN5O2. The van der Waals surface area contributed by atoms with E-state index in [0.717, 1.165) is 32.1 Å². The van der Waals surface area contributed by atoms with Crippen molar-refractivity contribution in [2.45, 2.75) is 78.0 Å². The second kappa shape index (κ2) is 9.08. The predicted molar refractivity (Wildman–Crippen MR) is 120 cm³/mol. The van der Waals surface area contributed by atoms with Crippen LogP contribution in [0.4, 0.5) is 10.3 Å². The third-order valence-electron chi connectivity index (χ3n) is 6.10. The third-order valence-corrected chi connectivity index (χ3v) is 6.10. The van der Waals surface area contributed by atoms with Gasteiger partial charge in [-0.15, -0.1) is 0 Å². The molecule has 166 valence electrons. The lowest BCUT2D eigenvalue weighted by atomic mass is 9.96. The second-order valence-electron chi connectivity index (χ2n) is 8.25. The average Bonchev–Trinajstić information content (AvgIpc) is 3.12. The Morgan fingerprint density at radius 1 is 1.06 bits per heavy atom. The van der Waals surface area contributed by atoms with E-state index < -0.39 is 0 Å². The highest BCUT2D eigenvalue weighted by Crippen LogP contribution is 2.25. The van der Waals surface area contributed by atoms with Crippen LogP contribution in [0.25, 0.3) is 11.2 Å². The molecule has 1 saturated carbocycles. The van der Waals surface area contributed by atoms with Crippen LogP contribution < -0.4 is 16.6 Å². The lowest BCUT2D eigenvalue weighted by Gasteiger charge is -2.23. The number of nitrogens with zero attached hydrogens (tertiary/aromatic N) is 4. The third kappa shape index (κ3) is 4.03. The number of fused-ring (bicyclic) bond motifs is 1. The molecule has 0 unspecified atom stereocenters. The van der Waals surface area contributed by atoms with Crippen molar-refractivity contribution >= 4 is 17.1 Å². The van der Waals surface area contributed by atoms with Crippen molar-refractivity contribution in [2.24, 2.45) is 0 Å². The second-order valence-corrected chi connectivity index (χ2v) is 8.25. The topological polar surface area (TPSA) is 73.8 Å². The minimum atomic E-state index is -0.379. The molecule has 0 amide bonds. The Balaban J connectivity index is 1.94. The van der Waals surface area contributed by atoms with Gasteiger partial charge in [0, 0.05) is 24.7 Å². The van der Waals surface area contributed by atoms with Crippen LogP contribution in [0, 0.1) is 5.82 Å². The fraction of sp³-hybridized carbons (Fsp3) is 0.522. The molecule has 31 heavy (non-hydrogen) atoms. The molecule has 2 aromatic heterocycles. The summed E-state index contributed by atoms with van der Waals surface area (Å²) in [5.41, 5.74) is 0.467. The fourth-order valence-electron chi connectivity index (χ4n) is 4.49. The lowest BCUT2D eigenvalue weighted by Crippen LogP contribution is -2.40. The Morgan fingerprint density at radius 3 is 2.48 bits per heavy atom. The van der Waals surface area contributed by atoms with E-state index >= 15 is 0 Å². The molecule has 0 atom stereocenters. The number of aromatic nitrogens is 4. The van der Waals surface area contributed by atoms with E-state index in [4.69, 9.17) is 4.98 Å². The van der Waals surface area contributed by atoms with Gasteiger partial charge in [-0.1, -0.05) is 44.4 Å². The molecule has 4 rings (SSSR count). The van der Waals surface area contributed by atoms with Crippen LogP contribution in [-0.4, -0.2) is 24.7 Å². The highest BCUT2D eigenvalue weighted by atomic mass is 19.1. The zero-order valence-electron chi connectivity index (χ0n) is 18.2. The summed E-state index contributed by atoms with van der Waals surface area (Å²) < 4.78 is 19.1. The van der Waals surface area contributed by atoms with E-state index in [1.54, 1.807) is 34.3 Å². The van der Waals surface area contributed by atoms with Crippen molar-refractivity contribution in [1.29, 1.82) is 0 Å². The number of nitrogens with one attached hydrogen (secondary N) is 1. The summed E-state index contributed by atoms with van der Waals surface area (Å²) in [6, 6.07) is 6.81. The van der Waals surface area contributed by atoms with Gasteiger partial charge in [0.2, 0.25) is 5.95 Å². The minimum Gasteiger partial charge on any atom is -0.353 e. The van der Waals surface area contributed by atoms with E-state index in [2.05, 4.69) is 5.32 Å². The normalized spacial score (nSPS) is 14.9. The molecule has 1 aromatic carbocycles. The van der Waals surface area contributed by atoms with Gasteiger partial charge in [-0.3, -0.25) is 18.5 Å². The summed E-state index contributed by atoms with van der Waals surface area (Å²) in [6.45, 7) is 4.67. The predicted octanol–water partition coefficient (Wildman–Crippen LogP) is 3.72. The fourth-order valence-corrected chi connectivity index (χ4v) is 4.49. The van der Waals surface area contributed by atoms with Crippen molar-refractivity contribution in [1.82, 2.24) is 18.7 Å². The first-order valence-electron chi connectivity index (χ1n) is 11.3. The SMILES string of the molecule is CCCn1c(=O)n(CC)c(=O)c2c1nc(NC1CCCCC1)n2Cc1ccccc1F. The first-order chi connectivity index (χ1) is 15.0. The number of anilines is 1. The Kier molecular flexibility index (Phi) is 6.25. The van der Waals surface area contributed by atoms with E-state index in [0.29, 0.717) is 29.2 Å². The summed E-state index contributed by atoms with van der Waals surface area (Å²) in [4.78, 5) is 31.0. The van der Waals surface area contributed by atoms with Crippen molar-refractivity contribution in [2.75, 3.05) is 5.32 Å². The summed E-state index contributed by atoms with van der Waals surface area (Å²) in [7, 11) is 0. The molecule has 1 aliphatic carbocycles. The standard InChI is InChI=1S/C23H30FN5O2/c1-3-14-28-20-19(21(30)27(4-2)23(28)31)29(15-16-10-8-9-13-18(16)24)22(26-20)25-17-11-6-5-7-12-17/h8-10,13,17H,3-7,11-12,14-15H2,1-2H3,(H,25,26).